The van der Waals surface area contributed by atoms with Crippen LogP contribution in [0.15, 0.2) is 42.5 Å². The molecule has 0 fully saturated rings. The minimum absolute atomic E-state index is 0.0401. The van der Waals surface area contributed by atoms with E-state index in [1.807, 2.05) is 26.0 Å². The van der Waals surface area contributed by atoms with E-state index in [9.17, 15) is 9.59 Å². The second-order valence-corrected chi connectivity index (χ2v) is 7.65. The van der Waals surface area contributed by atoms with Gasteiger partial charge in [-0.15, -0.1) is 0 Å². The smallest absolute Gasteiger partial charge is 0.252 e. The number of carbonyl (C=O) groups is 2. The molecule has 2 aromatic carbocycles. The third kappa shape index (κ3) is 3.67. The molecule has 0 aromatic heterocycles. The van der Waals surface area contributed by atoms with E-state index in [-0.39, 0.29) is 30.6 Å². The van der Waals surface area contributed by atoms with Crippen molar-refractivity contribution in [2.45, 2.75) is 38.8 Å². The van der Waals surface area contributed by atoms with Crippen molar-refractivity contribution < 1.29 is 19.1 Å². The average Bonchev–Trinajstić information content (AvgIpc) is 3.30. The Morgan fingerprint density at radius 2 is 1.68 bits per heavy atom. The Bertz CT molecular complexity index is 884. The Labute approximate surface area is 164 Å². The maximum absolute atomic E-state index is 12.9. The summed E-state index contributed by atoms with van der Waals surface area (Å²) in [6.45, 7) is 4.00. The predicted molar refractivity (Wildman–Crippen MR) is 104 cm³/mol. The Balaban J connectivity index is 1.41. The standard InChI is InChI=1S/C22H24N2O4/c1-13(2)20(22(26)23-17-9-14-5-3-4-6-15(14)10-17)24-21(25)16-7-8-18-19(11-16)28-12-27-18/h3-8,11,13,17,20H,9-10,12H2,1-2H3,(H,23,26)(H,24,25)/t20-/m0/s1. The number of hydrogen-bond donors (Lipinski definition) is 2. The van der Waals surface area contributed by atoms with E-state index in [2.05, 4.69) is 22.8 Å². The first-order chi connectivity index (χ1) is 13.5. The lowest BCUT2D eigenvalue weighted by atomic mass is 10.0. The van der Waals surface area contributed by atoms with Crippen LogP contribution in [-0.2, 0) is 17.6 Å². The molecule has 1 aliphatic carbocycles. The van der Waals surface area contributed by atoms with Gasteiger partial charge in [0.1, 0.15) is 6.04 Å². The zero-order chi connectivity index (χ0) is 19.7. The van der Waals surface area contributed by atoms with Gasteiger partial charge in [0, 0.05) is 11.6 Å². The quantitative estimate of drug-likeness (QED) is 0.835. The monoisotopic (exact) mass is 380 g/mol. The average molecular weight is 380 g/mol. The fourth-order valence-corrected chi connectivity index (χ4v) is 3.75. The predicted octanol–water partition coefficient (Wildman–Crippen LogP) is 2.45. The molecule has 2 aliphatic rings. The van der Waals surface area contributed by atoms with Crippen LogP contribution in [0, 0.1) is 5.92 Å². The van der Waals surface area contributed by atoms with Crippen LogP contribution in [0.1, 0.15) is 35.3 Å². The van der Waals surface area contributed by atoms with E-state index in [4.69, 9.17) is 9.47 Å². The van der Waals surface area contributed by atoms with Crippen molar-refractivity contribution >= 4 is 11.8 Å². The van der Waals surface area contributed by atoms with E-state index >= 15 is 0 Å². The molecule has 6 nitrogen and oxygen atoms in total. The molecule has 6 heteroatoms. The third-order valence-electron chi connectivity index (χ3n) is 5.27. The van der Waals surface area contributed by atoms with Gasteiger partial charge in [0.2, 0.25) is 12.7 Å². The van der Waals surface area contributed by atoms with Gasteiger partial charge >= 0.3 is 0 Å². The zero-order valence-corrected chi connectivity index (χ0v) is 16.0. The van der Waals surface area contributed by atoms with Crippen LogP contribution in [0.25, 0.3) is 0 Å². The lowest BCUT2D eigenvalue weighted by Gasteiger charge is -2.24. The summed E-state index contributed by atoms with van der Waals surface area (Å²) in [5, 5.41) is 5.98. The molecule has 4 rings (SSSR count). The molecule has 0 radical (unpaired) electrons. The molecule has 0 unspecified atom stereocenters. The minimum Gasteiger partial charge on any atom is -0.454 e. The highest BCUT2D eigenvalue weighted by Crippen LogP contribution is 2.32. The lowest BCUT2D eigenvalue weighted by molar-refractivity contribution is -0.124. The van der Waals surface area contributed by atoms with Crippen LogP contribution in [0.4, 0.5) is 0 Å². The second-order valence-electron chi connectivity index (χ2n) is 7.65. The van der Waals surface area contributed by atoms with Crippen LogP contribution in [0.3, 0.4) is 0 Å². The van der Waals surface area contributed by atoms with E-state index in [1.54, 1.807) is 18.2 Å². The van der Waals surface area contributed by atoms with E-state index < -0.39 is 6.04 Å². The molecule has 28 heavy (non-hydrogen) atoms. The molecule has 1 atom stereocenters. The summed E-state index contributed by atoms with van der Waals surface area (Å²) in [6, 6.07) is 12.7. The van der Waals surface area contributed by atoms with Crippen LogP contribution < -0.4 is 20.1 Å². The fraction of sp³-hybridized carbons (Fsp3) is 0.364. The number of rotatable bonds is 5. The molecule has 146 valence electrons. The number of amides is 2. The molecule has 2 aromatic rings. The molecular weight excluding hydrogens is 356 g/mol. The van der Waals surface area contributed by atoms with Crippen molar-refractivity contribution in [3.63, 3.8) is 0 Å². The number of benzene rings is 2. The van der Waals surface area contributed by atoms with Crippen molar-refractivity contribution in [1.29, 1.82) is 0 Å². The lowest BCUT2D eigenvalue weighted by Crippen LogP contribution is -2.52. The topological polar surface area (TPSA) is 76.7 Å². The first-order valence-corrected chi connectivity index (χ1v) is 9.59. The van der Waals surface area contributed by atoms with Crippen molar-refractivity contribution in [1.82, 2.24) is 10.6 Å². The maximum atomic E-state index is 12.9. The molecule has 0 spiro atoms. The second kappa shape index (κ2) is 7.54. The summed E-state index contributed by atoms with van der Waals surface area (Å²) in [7, 11) is 0. The first kappa shape index (κ1) is 18.3. The maximum Gasteiger partial charge on any atom is 0.252 e. The van der Waals surface area contributed by atoms with E-state index in [0.717, 1.165) is 12.8 Å². The summed E-state index contributed by atoms with van der Waals surface area (Å²) in [4.78, 5) is 25.6. The number of hydrogen-bond acceptors (Lipinski definition) is 4. The Morgan fingerprint density at radius 3 is 2.36 bits per heavy atom. The van der Waals surface area contributed by atoms with Gasteiger partial charge < -0.3 is 20.1 Å². The number of carbonyl (C=O) groups excluding carboxylic acids is 2. The van der Waals surface area contributed by atoms with Gasteiger partial charge in [0.15, 0.2) is 11.5 Å². The molecule has 1 heterocycles. The van der Waals surface area contributed by atoms with Crippen LogP contribution >= 0.6 is 0 Å². The molecule has 2 N–H and O–H groups in total. The summed E-state index contributed by atoms with van der Waals surface area (Å²) in [6.07, 6.45) is 1.64. The molecule has 0 bridgehead atoms. The van der Waals surface area contributed by atoms with Crippen LogP contribution in [0.5, 0.6) is 11.5 Å². The van der Waals surface area contributed by atoms with Gasteiger partial charge in [-0.05, 0) is 48.1 Å². The normalized spacial score (nSPS) is 16.0. The van der Waals surface area contributed by atoms with Crippen LogP contribution in [0.2, 0.25) is 0 Å². The van der Waals surface area contributed by atoms with Gasteiger partial charge in [-0.3, -0.25) is 9.59 Å². The molecular formula is C22H24N2O4. The van der Waals surface area contributed by atoms with Gasteiger partial charge in [0.25, 0.3) is 5.91 Å². The van der Waals surface area contributed by atoms with Gasteiger partial charge in [-0.2, -0.15) is 0 Å². The highest BCUT2D eigenvalue weighted by Gasteiger charge is 2.29. The molecule has 2 amide bonds. The molecule has 0 saturated carbocycles. The summed E-state index contributed by atoms with van der Waals surface area (Å²) in [5.41, 5.74) is 2.99. The molecule has 0 saturated heterocycles. The third-order valence-corrected chi connectivity index (χ3v) is 5.27. The number of ether oxygens (including phenoxy) is 2. The van der Waals surface area contributed by atoms with Gasteiger partial charge in [0.05, 0.1) is 0 Å². The van der Waals surface area contributed by atoms with Crippen molar-refractivity contribution in [3.05, 3.63) is 59.2 Å². The Hall–Kier alpha value is -3.02. The van der Waals surface area contributed by atoms with Crippen molar-refractivity contribution in [2.24, 2.45) is 5.92 Å². The van der Waals surface area contributed by atoms with Gasteiger partial charge in [-0.1, -0.05) is 38.1 Å². The summed E-state index contributed by atoms with van der Waals surface area (Å²) in [5.74, 6) is 0.669. The Kier molecular flexibility index (Phi) is 4.94. The zero-order valence-electron chi connectivity index (χ0n) is 16.0. The van der Waals surface area contributed by atoms with Crippen molar-refractivity contribution in [2.75, 3.05) is 6.79 Å². The largest absolute Gasteiger partial charge is 0.454 e. The highest BCUT2D eigenvalue weighted by molar-refractivity contribution is 5.98. The van der Waals surface area contributed by atoms with Crippen LogP contribution in [-0.4, -0.2) is 30.7 Å². The van der Waals surface area contributed by atoms with Gasteiger partial charge in [-0.25, -0.2) is 0 Å². The van der Waals surface area contributed by atoms with Crippen molar-refractivity contribution in [3.8, 4) is 11.5 Å². The first-order valence-electron chi connectivity index (χ1n) is 9.59. The molecule has 1 aliphatic heterocycles. The fourth-order valence-electron chi connectivity index (χ4n) is 3.75. The number of fused-ring (bicyclic) bond motifs is 2. The van der Waals surface area contributed by atoms with E-state index in [1.165, 1.54) is 11.1 Å². The number of nitrogens with one attached hydrogen (secondary N) is 2. The summed E-state index contributed by atoms with van der Waals surface area (Å²) < 4.78 is 10.6. The van der Waals surface area contributed by atoms with E-state index in [0.29, 0.717) is 17.1 Å². The SMILES string of the molecule is CC(C)[C@H](NC(=O)c1ccc2c(c1)OCO2)C(=O)NC1Cc2ccccc2C1. The minimum atomic E-state index is -0.610. The Morgan fingerprint density at radius 1 is 1.00 bits per heavy atom. The summed E-state index contributed by atoms with van der Waals surface area (Å²) >= 11 is 0. The highest BCUT2D eigenvalue weighted by atomic mass is 16.7.